The van der Waals surface area contributed by atoms with Crippen LogP contribution >= 0.6 is 11.6 Å². The van der Waals surface area contributed by atoms with E-state index in [1.165, 1.54) is 0 Å². The molecule has 0 saturated heterocycles. The largest absolute Gasteiger partial charge is 0.484 e. The van der Waals surface area contributed by atoms with Gasteiger partial charge in [0, 0.05) is 23.2 Å². The molecule has 118 valence electrons. The molecule has 1 aromatic heterocycles. The van der Waals surface area contributed by atoms with Gasteiger partial charge < -0.3 is 10.1 Å². The number of benzene rings is 1. The van der Waals surface area contributed by atoms with Crippen molar-refractivity contribution in [1.29, 1.82) is 0 Å². The van der Waals surface area contributed by atoms with E-state index in [-0.39, 0.29) is 18.6 Å². The van der Waals surface area contributed by atoms with Gasteiger partial charge in [-0.05, 0) is 50.6 Å². The maximum atomic E-state index is 11.9. The van der Waals surface area contributed by atoms with Crippen molar-refractivity contribution in [3.05, 3.63) is 46.2 Å². The van der Waals surface area contributed by atoms with Gasteiger partial charge >= 0.3 is 0 Å². The minimum Gasteiger partial charge on any atom is -0.484 e. The molecule has 2 N–H and O–H groups in total. The fourth-order valence-electron chi connectivity index (χ4n) is 2.18. The third-order valence-corrected chi connectivity index (χ3v) is 3.41. The molecule has 2 aromatic rings. The molecule has 0 aliphatic carbocycles. The number of rotatable bonds is 6. The first-order chi connectivity index (χ1) is 10.4. The van der Waals surface area contributed by atoms with E-state index in [9.17, 15) is 4.79 Å². The fourth-order valence-corrected chi connectivity index (χ4v) is 2.40. The highest BCUT2D eigenvalue weighted by Crippen LogP contribution is 2.21. The van der Waals surface area contributed by atoms with Crippen LogP contribution in [0, 0.1) is 13.8 Å². The first-order valence-electron chi connectivity index (χ1n) is 7.13. The highest BCUT2D eigenvalue weighted by atomic mass is 35.5. The standard InChI is InChI=1S/C16H20ClN3O2/c1-10-6-13(17)4-5-15(10)22-9-16(21)18-11(2)7-14-8-12(3)19-20-14/h4-6,8,11H,7,9H2,1-3H3,(H,18,21)(H,19,20). The maximum absolute atomic E-state index is 11.9. The summed E-state index contributed by atoms with van der Waals surface area (Å²) in [7, 11) is 0. The van der Waals surface area contributed by atoms with Crippen molar-refractivity contribution in [2.24, 2.45) is 0 Å². The van der Waals surface area contributed by atoms with Crippen LogP contribution in [0.15, 0.2) is 24.3 Å². The van der Waals surface area contributed by atoms with Gasteiger partial charge in [0.25, 0.3) is 5.91 Å². The number of nitrogens with one attached hydrogen (secondary N) is 2. The molecule has 2 rings (SSSR count). The number of halogens is 1. The van der Waals surface area contributed by atoms with Crippen LogP contribution in [-0.2, 0) is 11.2 Å². The van der Waals surface area contributed by atoms with Gasteiger partial charge in [-0.2, -0.15) is 5.10 Å². The topological polar surface area (TPSA) is 67.0 Å². The third-order valence-electron chi connectivity index (χ3n) is 3.18. The maximum Gasteiger partial charge on any atom is 0.258 e. The molecule has 0 radical (unpaired) electrons. The number of aromatic nitrogens is 2. The van der Waals surface area contributed by atoms with Crippen molar-refractivity contribution in [3.8, 4) is 5.75 Å². The van der Waals surface area contributed by atoms with Crippen LogP contribution in [0.1, 0.15) is 23.9 Å². The lowest BCUT2D eigenvalue weighted by atomic mass is 10.2. The molecule has 1 heterocycles. The summed E-state index contributed by atoms with van der Waals surface area (Å²) < 4.78 is 5.52. The summed E-state index contributed by atoms with van der Waals surface area (Å²) in [6.07, 6.45) is 0.677. The molecule has 0 saturated carbocycles. The number of aryl methyl sites for hydroxylation is 2. The first-order valence-corrected chi connectivity index (χ1v) is 7.51. The zero-order valence-corrected chi connectivity index (χ0v) is 13.7. The fraction of sp³-hybridized carbons (Fsp3) is 0.375. The summed E-state index contributed by atoms with van der Waals surface area (Å²) in [5.74, 6) is 0.504. The summed E-state index contributed by atoms with van der Waals surface area (Å²) in [5.41, 5.74) is 2.84. The minimum absolute atomic E-state index is 0.00915. The lowest BCUT2D eigenvalue weighted by Gasteiger charge is -2.14. The average Bonchev–Trinajstić information content (AvgIpc) is 2.82. The highest BCUT2D eigenvalue weighted by Gasteiger charge is 2.11. The second-order valence-electron chi connectivity index (χ2n) is 5.41. The molecule has 6 heteroatoms. The van der Waals surface area contributed by atoms with Gasteiger partial charge in [0.1, 0.15) is 5.75 Å². The number of hydrogen-bond donors (Lipinski definition) is 2. The van der Waals surface area contributed by atoms with E-state index in [0.717, 1.165) is 17.0 Å². The van der Waals surface area contributed by atoms with Crippen LogP contribution in [0.4, 0.5) is 0 Å². The van der Waals surface area contributed by atoms with Gasteiger partial charge in [-0.15, -0.1) is 0 Å². The predicted molar refractivity (Wildman–Crippen MR) is 86.3 cm³/mol. The van der Waals surface area contributed by atoms with Gasteiger partial charge in [0.15, 0.2) is 6.61 Å². The van der Waals surface area contributed by atoms with Crippen molar-refractivity contribution in [2.45, 2.75) is 33.2 Å². The number of aromatic amines is 1. The molecule has 1 atom stereocenters. The normalized spacial score (nSPS) is 12.0. The first kappa shape index (κ1) is 16.4. The lowest BCUT2D eigenvalue weighted by Crippen LogP contribution is -2.37. The van der Waals surface area contributed by atoms with E-state index in [1.54, 1.807) is 18.2 Å². The Morgan fingerprint density at radius 2 is 2.18 bits per heavy atom. The monoisotopic (exact) mass is 321 g/mol. The molecular weight excluding hydrogens is 302 g/mol. The average molecular weight is 322 g/mol. The second-order valence-corrected chi connectivity index (χ2v) is 5.85. The Bertz CT molecular complexity index is 655. The molecular formula is C16H20ClN3O2. The number of hydrogen-bond acceptors (Lipinski definition) is 3. The van der Waals surface area contributed by atoms with Crippen molar-refractivity contribution >= 4 is 17.5 Å². The van der Waals surface area contributed by atoms with Crippen LogP contribution in [0.2, 0.25) is 5.02 Å². The van der Waals surface area contributed by atoms with Crippen LogP contribution in [-0.4, -0.2) is 28.8 Å². The van der Waals surface area contributed by atoms with Crippen molar-refractivity contribution in [3.63, 3.8) is 0 Å². The molecule has 0 fully saturated rings. The quantitative estimate of drug-likeness (QED) is 0.859. The molecule has 0 bridgehead atoms. The van der Waals surface area contributed by atoms with Gasteiger partial charge in [0.2, 0.25) is 0 Å². The van der Waals surface area contributed by atoms with Crippen molar-refractivity contribution in [1.82, 2.24) is 15.5 Å². The smallest absolute Gasteiger partial charge is 0.258 e. The zero-order chi connectivity index (χ0) is 16.1. The van der Waals surface area contributed by atoms with Crippen LogP contribution in [0.5, 0.6) is 5.75 Å². The summed E-state index contributed by atoms with van der Waals surface area (Å²) in [5, 5.41) is 10.6. The molecule has 5 nitrogen and oxygen atoms in total. The van der Waals surface area contributed by atoms with E-state index < -0.39 is 0 Å². The molecule has 0 spiro atoms. The van der Waals surface area contributed by atoms with Crippen molar-refractivity contribution < 1.29 is 9.53 Å². The van der Waals surface area contributed by atoms with E-state index in [1.807, 2.05) is 26.8 Å². The Hall–Kier alpha value is -2.01. The molecule has 1 unspecified atom stereocenters. The molecule has 22 heavy (non-hydrogen) atoms. The Balaban J connectivity index is 1.79. The van der Waals surface area contributed by atoms with E-state index in [0.29, 0.717) is 17.2 Å². The molecule has 1 amide bonds. The second kappa shape index (κ2) is 7.31. The summed E-state index contributed by atoms with van der Waals surface area (Å²) in [6, 6.07) is 7.27. The van der Waals surface area contributed by atoms with Gasteiger partial charge in [-0.1, -0.05) is 11.6 Å². The lowest BCUT2D eigenvalue weighted by molar-refractivity contribution is -0.123. The van der Waals surface area contributed by atoms with E-state index >= 15 is 0 Å². The predicted octanol–water partition coefficient (Wildman–Crippen LogP) is 2.81. The van der Waals surface area contributed by atoms with Crippen LogP contribution < -0.4 is 10.1 Å². The summed E-state index contributed by atoms with van der Waals surface area (Å²) >= 11 is 5.88. The van der Waals surface area contributed by atoms with Gasteiger partial charge in [-0.3, -0.25) is 9.89 Å². The Kier molecular flexibility index (Phi) is 5.44. The zero-order valence-electron chi connectivity index (χ0n) is 12.9. The number of nitrogens with zero attached hydrogens (tertiary/aromatic N) is 1. The molecule has 0 aliphatic heterocycles. The van der Waals surface area contributed by atoms with Crippen LogP contribution in [0.25, 0.3) is 0 Å². The number of carbonyl (C=O) groups excluding carboxylic acids is 1. The van der Waals surface area contributed by atoms with E-state index in [4.69, 9.17) is 16.3 Å². The third kappa shape index (κ3) is 4.77. The Morgan fingerprint density at radius 1 is 1.41 bits per heavy atom. The number of ether oxygens (including phenoxy) is 1. The van der Waals surface area contributed by atoms with Gasteiger partial charge in [-0.25, -0.2) is 0 Å². The number of H-pyrrole nitrogens is 1. The van der Waals surface area contributed by atoms with Gasteiger partial charge in [0.05, 0.1) is 5.69 Å². The SMILES string of the molecule is Cc1cc(CC(C)NC(=O)COc2ccc(Cl)cc2C)n[nH]1. The minimum atomic E-state index is -0.158. The highest BCUT2D eigenvalue weighted by molar-refractivity contribution is 6.30. The Morgan fingerprint density at radius 3 is 2.82 bits per heavy atom. The number of carbonyl (C=O) groups is 1. The summed E-state index contributed by atoms with van der Waals surface area (Å²) in [4.78, 5) is 11.9. The van der Waals surface area contributed by atoms with Crippen molar-refractivity contribution in [2.75, 3.05) is 6.61 Å². The summed E-state index contributed by atoms with van der Waals surface area (Å²) in [6.45, 7) is 5.76. The van der Waals surface area contributed by atoms with Crippen LogP contribution in [0.3, 0.4) is 0 Å². The molecule has 1 aromatic carbocycles. The van der Waals surface area contributed by atoms with E-state index in [2.05, 4.69) is 15.5 Å². The Labute approximate surface area is 135 Å². The number of amides is 1. The molecule has 0 aliphatic rings.